The van der Waals surface area contributed by atoms with Crippen LogP contribution in [0, 0.1) is 12.7 Å². The zero-order valence-corrected chi connectivity index (χ0v) is 21.2. The summed E-state index contributed by atoms with van der Waals surface area (Å²) in [6.07, 6.45) is 3.68. The molecular weight excluding hydrogens is 467 g/mol. The van der Waals surface area contributed by atoms with Gasteiger partial charge in [0, 0.05) is 31.8 Å². The fourth-order valence-electron chi connectivity index (χ4n) is 4.33. The van der Waals surface area contributed by atoms with Crippen LogP contribution in [0.3, 0.4) is 0 Å². The zero-order chi connectivity index (χ0) is 26.0. The minimum atomic E-state index is -0.764. The summed E-state index contributed by atoms with van der Waals surface area (Å²) in [5, 5.41) is 7.13. The molecule has 36 heavy (non-hydrogen) atoms. The highest BCUT2D eigenvalue weighted by atomic mass is 19.1. The molecule has 1 N–H and O–H groups in total. The highest BCUT2D eigenvalue weighted by molar-refractivity contribution is 6.07. The number of benzene rings is 1. The smallest absolute Gasteiger partial charge is 0.350 e. The van der Waals surface area contributed by atoms with Crippen molar-refractivity contribution in [3.63, 3.8) is 0 Å². The fraction of sp³-hybridized carbons (Fsp3) is 0.440. The number of aromatic nitrogens is 4. The quantitative estimate of drug-likeness (QED) is 0.509. The maximum absolute atomic E-state index is 15.4. The topological polar surface area (TPSA) is 104 Å². The average Bonchev–Trinajstić information content (AvgIpc) is 3.17. The second-order valence-electron chi connectivity index (χ2n) is 9.18. The molecule has 10 nitrogen and oxygen atoms in total. The number of likely N-dealkylation sites (N-methyl/N-ethyl adjacent to an activating group) is 1. The Kier molecular flexibility index (Phi) is 7.39. The van der Waals surface area contributed by atoms with Crippen molar-refractivity contribution in [2.24, 2.45) is 0 Å². The van der Waals surface area contributed by atoms with Gasteiger partial charge in [0.15, 0.2) is 0 Å². The van der Waals surface area contributed by atoms with Gasteiger partial charge in [-0.3, -0.25) is 9.36 Å². The van der Waals surface area contributed by atoms with E-state index in [4.69, 9.17) is 9.47 Å². The summed E-state index contributed by atoms with van der Waals surface area (Å²) in [6.45, 7) is 4.75. The average molecular weight is 499 g/mol. The van der Waals surface area contributed by atoms with E-state index in [1.54, 1.807) is 23.8 Å². The van der Waals surface area contributed by atoms with Crippen molar-refractivity contribution in [2.45, 2.75) is 45.8 Å². The van der Waals surface area contributed by atoms with Gasteiger partial charge in [-0.05, 0) is 58.5 Å². The second-order valence-corrected chi connectivity index (χ2v) is 9.18. The van der Waals surface area contributed by atoms with Crippen molar-refractivity contribution in [1.29, 1.82) is 0 Å². The molecule has 0 radical (unpaired) electrons. The first kappa shape index (κ1) is 25.4. The number of fused-ring (bicyclic) bond motifs is 1. The number of nitrogens with zero attached hydrogens (tertiary/aromatic N) is 5. The fourth-order valence-corrected chi connectivity index (χ4v) is 4.33. The van der Waals surface area contributed by atoms with Crippen molar-refractivity contribution >= 4 is 11.6 Å². The third kappa shape index (κ3) is 5.11. The molecule has 1 unspecified atom stereocenters. The SMILES string of the molecule is COc1nccc(C)c1NC(=O)c1cc(F)c(-n2nc3n(c2=O)CCCC3)cc1OC(C)CN(C)C. The molecule has 1 aromatic carbocycles. The van der Waals surface area contributed by atoms with Crippen molar-refractivity contribution in [2.75, 3.05) is 33.1 Å². The molecule has 0 saturated heterocycles. The van der Waals surface area contributed by atoms with E-state index >= 15 is 4.39 Å². The molecule has 0 aliphatic carbocycles. The number of amides is 1. The third-order valence-electron chi connectivity index (χ3n) is 6.00. The summed E-state index contributed by atoms with van der Waals surface area (Å²) in [7, 11) is 5.25. The number of hydrogen-bond acceptors (Lipinski definition) is 7. The van der Waals surface area contributed by atoms with E-state index in [9.17, 15) is 9.59 Å². The lowest BCUT2D eigenvalue weighted by Crippen LogP contribution is -2.29. The minimum absolute atomic E-state index is 0.0239. The summed E-state index contributed by atoms with van der Waals surface area (Å²) < 4.78 is 29.4. The van der Waals surface area contributed by atoms with E-state index < -0.39 is 17.4 Å². The predicted molar refractivity (Wildman–Crippen MR) is 133 cm³/mol. The Hall–Kier alpha value is -3.73. The molecule has 1 aliphatic heterocycles. The van der Waals surface area contributed by atoms with E-state index in [1.807, 2.05) is 25.9 Å². The van der Waals surface area contributed by atoms with Crippen molar-refractivity contribution < 1.29 is 18.7 Å². The number of methoxy groups -OCH3 is 1. The summed E-state index contributed by atoms with van der Waals surface area (Å²) in [5.41, 5.74) is 0.597. The maximum Gasteiger partial charge on any atom is 0.350 e. The lowest BCUT2D eigenvalue weighted by Gasteiger charge is -2.21. The van der Waals surface area contributed by atoms with E-state index in [2.05, 4.69) is 15.4 Å². The van der Waals surface area contributed by atoms with Gasteiger partial charge in [0.2, 0.25) is 5.88 Å². The van der Waals surface area contributed by atoms with E-state index in [1.165, 1.54) is 13.2 Å². The number of carbonyl (C=O) groups is 1. The number of rotatable bonds is 8. The van der Waals surface area contributed by atoms with Gasteiger partial charge >= 0.3 is 5.69 Å². The number of carbonyl (C=O) groups excluding carboxylic acids is 1. The molecule has 1 aliphatic rings. The van der Waals surface area contributed by atoms with Crippen LogP contribution < -0.4 is 20.5 Å². The van der Waals surface area contributed by atoms with Gasteiger partial charge in [0.05, 0.1) is 12.7 Å². The van der Waals surface area contributed by atoms with Gasteiger partial charge in [-0.25, -0.2) is 14.2 Å². The maximum atomic E-state index is 15.4. The standard InChI is InChI=1S/C25H31FN6O4/c1-15-9-10-27-24(35-5)22(15)28-23(33)17-12-18(26)19(13-20(17)36-16(2)14-30(3)4)32-25(34)31-11-7-6-8-21(31)29-32/h9-10,12-13,16H,6-8,11,14H2,1-5H3,(H,28,33). The number of hydrogen-bond donors (Lipinski definition) is 1. The second kappa shape index (κ2) is 10.5. The highest BCUT2D eigenvalue weighted by Crippen LogP contribution is 2.30. The number of halogens is 1. The first-order valence-electron chi connectivity index (χ1n) is 11.8. The Balaban J connectivity index is 1.78. The molecule has 0 spiro atoms. The number of aryl methyl sites for hydroxylation is 2. The van der Waals surface area contributed by atoms with E-state index in [-0.39, 0.29) is 29.0 Å². The van der Waals surface area contributed by atoms with Crippen LogP contribution in [-0.4, -0.2) is 64.0 Å². The Morgan fingerprint density at radius 1 is 1.31 bits per heavy atom. The van der Waals surface area contributed by atoms with Crippen molar-refractivity contribution in [3.8, 4) is 17.3 Å². The first-order valence-corrected chi connectivity index (χ1v) is 11.8. The minimum Gasteiger partial charge on any atom is -0.488 e. The molecule has 1 amide bonds. The molecule has 0 fully saturated rings. The van der Waals surface area contributed by atoms with Crippen molar-refractivity contribution in [1.82, 2.24) is 24.2 Å². The largest absolute Gasteiger partial charge is 0.488 e. The van der Waals surface area contributed by atoms with Crippen LogP contribution in [0.5, 0.6) is 11.6 Å². The van der Waals surface area contributed by atoms with E-state index in [0.717, 1.165) is 29.2 Å². The molecule has 0 saturated carbocycles. The summed E-state index contributed by atoms with van der Waals surface area (Å²) >= 11 is 0. The van der Waals surface area contributed by atoms with Crippen LogP contribution in [0.15, 0.2) is 29.2 Å². The van der Waals surface area contributed by atoms with Crippen LogP contribution in [0.25, 0.3) is 5.69 Å². The molecule has 11 heteroatoms. The summed E-state index contributed by atoms with van der Waals surface area (Å²) in [5.74, 6) is -0.371. The summed E-state index contributed by atoms with van der Waals surface area (Å²) in [6, 6.07) is 4.17. The molecule has 1 atom stereocenters. The predicted octanol–water partition coefficient (Wildman–Crippen LogP) is 2.80. The van der Waals surface area contributed by atoms with Crippen LogP contribution in [0.2, 0.25) is 0 Å². The highest BCUT2D eigenvalue weighted by Gasteiger charge is 2.25. The monoisotopic (exact) mass is 498 g/mol. The van der Waals surface area contributed by atoms with Gasteiger partial charge in [-0.15, -0.1) is 5.10 Å². The molecule has 4 rings (SSSR count). The number of anilines is 1. The van der Waals surface area contributed by atoms with Crippen LogP contribution in [0.1, 0.15) is 41.5 Å². The molecule has 3 heterocycles. The molecular formula is C25H31FN6O4. The third-order valence-corrected chi connectivity index (χ3v) is 6.00. The lowest BCUT2D eigenvalue weighted by atomic mass is 10.1. The number of ether oxygens (including phenoxy) is 2. The number of pyridine rings is 1. The van der Waals surface area contributed by atoms with Crippen LogP contribution in [0.4, 0.5) is 10.1 Å². The van der Waals surface area contributed by atoms with Gasteiger partial charge in [0.1, 0.15) is 34.9 Å². The van der Waals surface area contributed by atoms with Crippen LogP contribution >= 0.6 is 0 Å². The number of nitrogens with one attached hydrogen (secondary N) is 1. The Labute approximate surface area is 208 Å². The summed E-state index contributed by atoms with van der Waals surface area (Å²) in [4.78, 5) is 32.4. The van der Waals surface area contributed by atoms with Gasteiger partial charge in [0.25, 0.3) is 5.91 Å². The molecule has 2 aromatic heterocycles. The Bertz CT molecular complexity index is 1330. The molecule has 0 bridgehead atoms. The molecule has 3 aromatic rings. The van der Waals surface area contributed by atoms with Gasteiger partial charge in [-0.1, -0.05) is 0 Å². The van der Waals surface area contributed by atoms with E-state index in [0.29, 0.717) is 31.0 Å². The zero-order valence-electron chi connectivity index (χ0n) is 21.2. The van der Waals surface area contributed by atoms with Crippen molar-refractivity contribution in [3.05, 3.63) is 57.6 Å². The molecule has 192 valence electrons. The Morgan fingerprint density at radius 2 is 2.08 bits per heavy atom. The van der Waals surface area contributed by atoms with Crippen LogP contribution in [-0.2, 0) is 13.0 Å². The first-order chi connectivity index (χ1) is 17.2. The van der Waals surface area contributed by atoms with Gasteiger partial charge < -0.3 is 19.7 Å². The van der Waals surface area contributed by atoms with Gasteiger partial charge in [-0.2, -0.15) is 4.68 Å². The lowest BCUT2D eigenvalue weighted by molar-refractivity contribution is 0.101. The normalized spacial score (nSPS) is 13.9. The Morgan fingerprint density at radius 3 is 2.78 bits per heavy atom.